The Bertz CT molecular complexity index is 1530. The molecule has 5 rings (SSSR count). The Kier molecular flexibility index (Phi) is 5.26. The summed E-state index contributed by atoms with van der Waals surface area (Å²) < 4.78 is 8.14. The summed E-state index contributed by atoms with van der Waals surface area (Å²) in [4.78, 5) is 29.0. The Morgan fingerprint density at radius 3 is 2.82 bits per heavy atom. The van der Waals surface area contributed by atoms with E-state index in [9.17, 15) is 9.59 Å². The van der Waals surface area contributed by atoms with E-state index in [1.165, 1.54) is 11.8 Å². The molecule has 7 nitrogen and oxygen atoms in total. The second kappa shape index (κ2) is 8.26. The molecule has 2 aliphatic rings. The number of carbonyl (C=O) groups is 1. The summed E-state index contributed by atoms with van der Waals surface area (Å²) in [7, 11) is 1.32. The fourth-order valence-electron chi connectivity index (χ4n) is 4.09. The zero-order valence-electron chi connectivity index (χ0n) is 18.1. The topological polar surface area (TPSA) is 81.9 Å². The second-order valence-electron chi connectivity index (χ2n) is 7.97. The Morgan fingerprint density at radius 2 is 2.03 bits per heavy atom. The highest BCUT2D eigenvalue weighted by Gasteiger charge is 2.25. The molecule has 2 aromatic carbocycles. The largest absolute Gasteiger partial charge is 0.465 e. The molecular weight excluding hydrogens is 440 g/mol. The molecular formula is C25H21ClN4O3. The van der Waals surface area contributed by atoms with E-state index < -0.39 is 5.97 Å². The molecule has 3 heterocycles. The van der Waals surface area contributed by atoms with Gasteiger partial charge >= 0.3 is 5.97 Å². The maximum absolute atomic E-state index is 13.2. The van der Waals surface area contributed by atoms with Crippen LogP contribution in [-0.4, -0.2) is 32.4 Å². The molecule has 0 unspecified atom stereocenters. The molecule has 1 aromatic heterocycles. The van der Waals surface area contributed by atoms with Gasteiger partial charge in [-0.2, -0.15) is 9.78 Å². The van der Waals surface area contributed by atoms with Crippen LogP contribution >= 0.6 is 11.6 Å². The minimum absolute atomic E-state index is 0.250. The average Bonchev–Trinajstić information content (AvgIpc) is 3.37. The number of esters is 1. The standard InChI is InChI=1S/C25H21ClN4O3/c1-15-4-3-5-18(10-15)30-24(31)20-13-29(14-21(23(20)28-30)25(32)33-2)9-8-16-12-27-22-7-6-17(26)11-19(16)22/h3-7,10-14,27H,8-9H2,1-2H3. The molecule has 0 aliphatic carbocycles. The van der Waals surface area contributed by atoms with Crippen molar-refractivity contribution in [3.8, 4) is 16.9 Å². The van der Waals surface area contributed by atoms with Gasteiger partial charge in [-0.05, 0) is 54.8 Å². The lowest BCUT2D eigenvalue weighted by Gasteiger charge is -2.11. The number of fused-ring (bicyclic) bond motifs is 2. The molecule has 0 amide bonds. The van der Waals surface area contributed by atoms with Crippen molar-refractivity contribution in [2.45, 2.75) is 19.9 Å². The summed E-state index contributed by atoms with van der Waals surface area (Å²) in [6, 6.07) is 13.2. The fraction of sp³-hybridized carbons (Fsp3) is 0.160. The van der Waals surface area contributed by atoms with Gasteiger partial charge in [-0.15, -0.1) is 0 Å². The summed E-state index contributed by atoms with van der Waals surface area (Å²) >= 11 is 6.17. The van der Waals surface area contributed by atoms with Crippen LogP contribution in [0.25, 0.3) is 27.8 Å². The van der Waals surface area contributed by atoms with E-state index in [0.29, 0.717) is 34.9 Å². The molecule has 0 radical (unpaired) electrons. The third kappa shape index (κ3) is 3.81. The van der Waals surface area contributed by atoms with Gasteiger partial charge in [0.15, 0.2) is 0 Å². The smallest absolute Gasteiger partial charge is 0.341 e. The molecule has 0 saturated carbocycles. The number of pyridine rings is 1. The molecule has 166 valence electrons. The number of methoxy groups -OCH3 is 1. The predicted octanol–water partition coefficient (Wildman–Crippen LogP) is 4.61. The zero-order valence-corrected chi connectivity index (χ0v) is 18.9. The summed E-state index contributed by atoms with van der Waals surface area (Å²) in [5, 5.41) is 6.19. The normalized spacial score (nSPS) is 11.4. The number of aryl methyl sites for hydroxylation is 3. The van der Waals surface area contributed by atoms with Gasteiger partial charge in [0.2, 0.25) is 0 Å². The Hall–Kier alpha value is -3.84. The van der Waals surface area contributed by atoms with Crippen molar-refractivity contribution in [3.05, 3.63) is 93.1 Å². The summed E-state index contributed by atoms with van der Waals surface area (Å²) in [6.45, 7) is 2.50. The van der Waals surface area contributed by atoms with E-state index in [0.717, 1.165) is 22.0 Å². The van der Waals surface area contributed by atoms with Crippen molar-refractivity contribution in [2.75, 3.05) is 7.11 Å². The number of halogens is 1. The number of rotatable bonds is 5. The number of ether oxygens (including phenoxy) is 1. The molecule has 8 heteroatoms. The lowest BCUT2D eigenvalue weighted by Crippen LogP contribution is -2.16. The molecule has 0 spiro atoms. The maximum atomic E-state index is 13.2. The molecule has 0 fully saturated rings. The first-order valence-corrected chi connectivity index (χ1v) is 10.9. The van der Waals surface area contributed by atoms with Crippen LogP contribution in [0, 0.1) is 6.92 Å². The fourth-order valence-corrected chi connectivity index (χ4v) is 4.26. The van der Waals surface area contributed by atoms with E-state index in [1.54, 1.807) is 12.4 Å². The van der Waals surface area contributed by atoms with Crippen LogP contribution in [0.4, 0.5) is 0 Å². The van der Waals surface area contributed by atoms with E-state index >= 15 is 0 Å². The van der Waals surface area contributed by atoms with Crippen molar-refractivity contribution in [1.82, 2.24) is 19.3 Å². The molecule has 2 aliphatic heterocycles. The van der Waals surface area contributed by atoms with E-state index in [1.807, 2.05) is 60.2 Å². The Labute approximate surface area is 194 Å². The van der Waals surface area contributed by atoms with Gasteiger partial charge in [-0.3, -0.25) is 4.79 Å². The van der Waals surface area contributed by atoms with Gasteiger partial charge in [0.1, 0.15) is 11.3 Å². The van der Waals surface area contributed by atoms with Gasteiger partial charge in [0, 0.05) is 41.1 Å². The Balaban J connectivity index is 1.57. The van der Waals surface area contributed by atoms with Crippen LogP contribution in [0.3, 0.4) is 0 Å². The van der Waals surface area contributed by atoms with Crippen molar-refractivity contribution in [1.29, 1.82) is 0 Å². The number of carbonyl (C=O) groups excluding carboxylic acids is 1. The summed E-state index contributed by atoms with van der Waals surface area (Å²) in [5.74, 6) is -0.540. The van der Waals surface area contributed by atoms with E-state index in [2.05, 4.69) is 10.1 Å². The average molecular weight is 461 g/mol. The van der Waals surface area contributed by atoms with Crippen molar-refractivity contribution < 1.29 is 9.53 Å². The van der Waals surface area contributed by atoms with E-state index in [-0.39, 0.29) is 11.1 Å². The number of aromatic nitrogens is 4. The van der Waals surface area contributed by atoms with Gasteiger partial charge in [0.25, 0.3) is 5.56 Å². The van der Waals surface area contributed by atoms with Gasteiger partial charge in [-0.25, -0.2) is 4.79 Å². The summed E-state index contributed by atoms with van der Waals surface area (Å²) in [5.41, 5.74) is 4.41. The predicted molar refractivity (Wildman–Crippen MR) is 128 cm³/mol. The monoisotopic (exact) mass is 460 g/mol. The minimum atomic E-state index is -0.540. The van der Waals surface area contributed by atoms with Crippen molar-refractivity contribution in [2.24, 2.45) is 0 Å². The molecule has 33 heavy (non-hydrogen) atoms. The van der Waals surface area contributed by atoms with Crippen LogP contribution in [0.1, 0.15) is 21.5 Å². The SMILES string of the molecule is COC(=O)c1cn(CCc2c[nH]c3ccc(Cl)cc23)cc2c(=O)n(-c3cccc(C)c3)nc1-2. The lowest BCUT2D eigenvalue weighted by atomic mass is 10.1. The van der Waals surface area contributed by atoms with Crippen LogP contribution in [-0.2, 0) is 17.7 Å². The lowest BCUT2D eigenvalue weighted by molar-refractivity contribution is 0.0600. The summed E-state index contributed by atoms with van der Waals surface area (Å²) in [6.07, 6.45) is 6.06. The molecule has 0 bridgehead atoms. The number of hydrogen-bond donors (Lipinski definition) is 1. The van der Waals surface area contributed by atoms with Gasteiger partial charge in [0.05, 0.1) is 18.4 Å². The molecule has 1 N–H and O–H groups in total. The number of aromatic amines is 1. The number of nitrogens with zero attached hydrogens (tertiary/aromatic N) is 3. The highest BCUT2D eigenvalue weighted by atomic mass is 35.5. The molecule has 0 atom stereocenters. The van der Waals surface area contributed by atoms with Crippen LogP contribution in [0.15, 0.2) is 65.8 Å². The first-order valence-electron chi connectivity index (χ1n) is 10.5. The van der Waals surface area contributed by atoms with E-state index in [4.69, 9.17) is 16.3 Å². The number of hydrogen-bond acceptors (Lipinski definition) is 4. The number of H-pyrrole nitrogens is 1. The second-order valence-corrected chi connectivity index (χ2v) is 8.41. The number of benzene rings is 2. The van der Waals surface area contributed by atoms with Crippen LogP contribution in [0.2, 0.25) is 5.02 Å². The first kappa shape index (κ1) is 21.0. The van der Waals surface area contributed by atoms with Crippen LogP contribution < -0.4 is 5.56 Å². The maximum Gasteiger partial charge on any atom is 0.341 e. The quantitative estimate of drug-likeness (QED) is 0.388. The van der Waals surface area contributed by atoms with Gasteiger partial charge < -0.3 is 14.3 Å². The third-order valence-electron chi connectivity index (χ3n) is 5.74. The van der Waals surface area contributed by atoms with Gasteiger partial charge in [-0.1, -0.05) is 23.7 Å². The highest BCUT2D eigenvalue weighted by molar-refractivity contribution is 6.31. The zero-order chi connectivity index (χ0) is 23.1. The Morgan fingerprint density at radius 1 is 1.18 bits per heavy atom. The molecule has 0 saturated heterocycles. The van der Waals surface area contributed by atoms with Crippen LogP contribution in [0.5, 0.6) is 0 Å². The van der Waals surface area contributed by atoms with Crippen molar-refractivity contribution >= 4 is 28.5 Å². The molecule has 3 aromatic rings. The first-order chi connectivity index (χ1) is 15.9. The highest BCUT2D eigenvalue weighted by Crippen LogP contribution is 2.25. The minimum Gasteiger partial charge on any atom is -0.465 e. The number of nitrogens with one attached hydrogen (secondary N) is 1. The van der Waals surface area contributed by atoms with Crippen molar-refractivity contribution in [3.63, 3.8) is 0 Å². The third-order valence-corrected chi connectivity index (χ3v) is 5.98.